The Morgan fingerprint density at radius 3 is 2.69 bits per heavy atom. The van der Waals surface area contributed by atoms with Crippen molar-refractivity contribution in [2.24, 2.45) is 0 Å². The lowest BCUT2D eigenvalue weighted by atomic mass is 9.94. The van der Waals surface area contributed by atoms with E-state index in [0.717, 1.165) is 4.57 Å². The van der Waals surface area contributed by atoms with Crippen LogP contribution in [0.1, 0.15) is 18.7 Å². The van der Waals surface area contributed by atoms with Crippen molar-refractivity contribution in [2.45, 2.75) is 31.1 Å². The van der Waals surface area contributed by atoms with E-state index in [9.17, 15) is 22.8 Å². The van der Waals surface area contributed by atoms with Gasteiger partial charge in [-0.1, -0.05) is 12.1 Å². The molecule has 0 saturated carbocycles. The van der Waals surface area contributed by atoms with E-state index in [1.165, 1.54) is 12.1 Å². The van der Waals surface area contributed by atoms with Gasteiger partial charge >= 0.3 is 12.1 Å². The van der Waals surface area contributed by atoms with Gasteiger partial charge < -0.3 is 19.7 Å². The van der Waals surface area contributed by atoms with Gasteiger partial charge in [0.25, 0.3) is 0 Å². The summed E-state index contributed by atoms with van der Waals surface area (Å²) in [5, 5.41) is 11.6. The van der Waals surface area contributed by atoms with Gasteiger partial charge in [0.2, 0.25) is 11.7 Å². The summed E-state index contributed by atoms with van der Waals surface area (Å²) >= 11 is 0. The number of carbonyl (C=O) groups excluding carboxylic acids is 1. The fourth-order valence-electron chi connectivity index (χ4n) is 3.11. The molecule has 2 N–H and O–H groups in total. The van der Waals surface area contributed by atoms with Crippen molar-refractivity contribution in [1.29, 1.82) is 0 Å². The molecule has 3 rings (SSSR count). The topological polar surface area (TPSA) is 93.5 Å². The number of halogens is 3. The van der Waals surface area contributed by atoms with Crippen LogP contribution in [0.3, 0.4) is 0 Å². The number of para-hydroxylation sites is 2. The number of hydrogen-bond acceptors (Lipinski definition) is 4. The van der Waals surface area contributed by atoms with Gasteiger partial charge in [0.1, 0.15) is 6.54 Å². The number of hydrogen-bond donors (Lipinski definition) is 2. The van der Waals surface area contributed by atoms with Gasteiger partial charge in [-0.3, -0.25) is 9.59 Å². The van der Waals surface area contributed by atoms with Crippen LogP contribution in [0.5, 0.6) is 0 Å². The first-order valence-electron chi connectivity index (χ1n) is 7.83. The molecule has 2 heterocycles. The summed E-state index contributed by atoms with van der Waals surface area (Å²) in [5.41, 5.74) is -0.820. The van der Waals surface area contributed by atoms with E-state index in [-0.39, 0.29) is 37.1 Å². The number of carboxylic acids is 1. The van der Waals surface area contributed by atoms with Gasteiger partial charge in [-0.05, 0) is 18.6 Å². The maximum Gasteiger partial charge on any atom is 0.449 e. The quantitative estimate of drug-likeness (QED) is 0.836. The van der Waals surface area contributed by atoms with E-state index in [1.54, 1.807) is 12.1 Å². The van der Waals surface area contributed by atoms with Crippen LogP contribution >= 0.6 is 0 Å². The number of aromatic nitrogens is 2. The zero-order chi connectivity index (χ0) is 18.9. The molecule has 1 aliphatic rings. The highest BCUT2D eigenvalue weighted by atomic mass is 19.4. The number of fused-ring (bicyclic) bond motifs is 1. The highest BCUT2D eigenvalue weighted by Gasteiger charge is 2.40. The van der Waals surface area contributed by atoms with Crippen molar-refractivity contribution in [1.82, 2.24) is 14.9 Å². The summed E-state index contributed by atoms with van der Waals surface area (Å²) in [6, 6.07) is 5.97. The van der Waals surface area contributed by atoms with Crippen LogP contribution in [-0.2, 0) is 27.0 Å². The van der Waals surface area contributed by atoms with Gasteiger partial charge in [0, 0.05) is 6.61 Å². The van der Waals surface area contributed by atoms with Gasteiger partial charge in [0.15, 0.2) is 0 Å². The third kappa shape index (κ3) is 3.64. The second-order valence-electron chi connectivity index (χ2n) is 6.21. The Bertz CT molecular complexity index is 841. The summed E-state index contributed by atoms with van der Waals surface area (Å²) in [4.78, 5) is 27.0. The highest BCUT2D eigenvalue weighted by molar-refractivity contribution is 5.82. The highest BCUT2D eigenvalue weighted by Crippen LogP contribution is 2.31. The molecule has 1 fully saturated rings. The molecule has 1 aliphatic heterocycles. The summed E-state index contributed by atoms with van der Waals surface area (Å²) < 4.78 is 45.8. The first-order chi connectivity index (χ1) is 12.2. The number of nitrogens with zero attached hydrogens (tertiary/aromatic N) is 2. The van der Waals surface area contributed by atoms with Crippen LogP contribution in [0.2, 0.25) is 0 Å². The van der Waals surface area contributed by atoms with Crippen molar-refractivity contribution >= 4 is 22.9 Å². The Morgan fingerprint density at radius 1 is 1.35 bits per heavy atom. The number of carboxylic acid groups (broad SMARTS) is 1. The molecule has 0 radical (unpaired) electrons. The summed E-state index contributed by atoms with van der Waals surface area (Å²) in [6.45, 7) is -0.353. The first-order valence-corrected chi connectivity index (χ1v) is 7.83. The smallest absolute Gasteiger partial charge is 0.449 e. The van der Waals surface area contributed by atoms with Crippen LogP contribution in [-0.4, -0.2) is 45.3 Å². The molecule has 1 unspecified atom stereocenters. The number of ether oxygens (including phenoxy) is 1. The SMILES string of the molecule is O=C(O)CC1(NC(=O)Cn2c(C(F)(F)F)nc3ccccc32)CCOC1. The minimum absolute atomic E-state index is 0.00183. The lowest BCUT2D eigenvalue weighted by molar-refractivity contribution is -0.147. The van der Waals surface area contributed by atoms with Crippen LogP contribution in [0.25, 0.3) is 11.0 Å². The van der Waals surface area contributed by atoms with Crippen LogP contribution in [0.4, 0.5) is 13.2 Å². The summed E-state index contributed by atoms with van der Waals surface area (Å²) in [6.07, 6.45) is -4.81. The lowest BCUT2D eigenvalue weighted by Crippen LogP contribution is -2.51. The summed E-state index contributed by atoms with van der Waals surface area (Å²) in [7, 11) is 0. The van der Waals surface area contributed by atoms with Crippen molar-refractivity contribution in [3.8, 4) is 0 Å². The van der Waals surface area contributed by atoms with Gasteiger partial charge in [0.05, 0.1) is 29.6 Å². The van der Waals surface area contributed by atoms with E-state index in [2.05, 4.69) is 10.3 Å². The predicted octanol–water partition coefficient (Wildman–Crippen LogP) is 1.81. The second kappa shape index (κ2) is 6.60. The average Bonchev–Trinajstić information content (AvgIpc) is 3.11. The molecule has 0 spiro atoms. The number of nitrogens with one attached hydrogen (secondary N) is 1. The molecule has 0 bridgehead atoms. The standard InChI is InChI=1S/C16H16F3N3O4/c17-16(18,19)14-20-10-3-1-2-4-11(10)22(14)8-12(23)21-15(7-13(24)25)5-6-26-9-15/h1-4H,5-9H2,(H,21,23)(H,24,25). The van der Waals surface area contributed by atoms with Crippen molar-refractivity contribution in [3.05, 3.63) is 30.1 Å². The largest absolute Gasteiger partial charge is 0.481 e. The van der Waals surface area contributed by atoms with Gasteiger partial charge in [-0.25, -0.2) is 4.98 Å². The fraction of sp³-hybridized carbons (Fsp3) is 0.438. The Balaban J connectivity index is 1.88. The normalized spacial score (nSPS) is 20.4. The Labute approximate surface area is 145 Å². The van der Waals surface area contributed by atoms with E-state index in [4.69, 9.17) is 9.84 Å². The molecule has 140 valence electrons. The second-order valence-corrected chi connectivity index (χ2v) is 6.21. The molecule has 0 aliphatic carbocycles. The average molecular weight is 371 g/mol. The van der Waals surface area contributed by atoms with Crippen molar-refractivity contribution < 1.29 is 32.6 Å². The molecule has 1 amide bonds. The third-order valence-corrected chi connectivity index (χ3v) is 4.21. The van der Waals surface area contributed by atoms with Crippen LogP contribution in [0.15, 0.2) is 24.3 Å². The predicted molar refractivity (Wildman–Crippen MR) is 83.3 cm³/mol. The fourth-order valence-corrected chi connectivity index (χ4v) is 3.11. The van der Waals surface area contributed by atoms with E-state index in [1.807, 2.05) is 0 Å². The Hall–Kier alpha value is -2.62. The molecule has 1 aromatic carbocycles. The molecule has 1 saturated heterocycles. The van der Waals surface area contributed by atoms with Gasteiger partial charge in [-0.15, -0.1) is 0 Å². The molecular formula is C16H16F3N3O4. The van der Waals surface area contributed by atoms with E-state index < -0.39 is 36.0 Å². The lowest BCUT2D eigenvalue weighted by Gasteiger charge is -2.27. The number of aliphatic carboxylic acids is 1. The monoisotopic (exact) mass is 371 g/mol. The zero-order valence-corrected chi connectivity index (χ0v) is 13.5. The minimum Gasteiger partial charge on any atom is -0.481 e. The number of amides is 1. The molecule has 26 heavy (non-hydrogen) atoms. The molecule has 10 heteroatoms. The molecular weight excluding hydrogens is 355 g/mol. The van der Waals surface area contributed by atoms with Crippen molar-refractivity contribution in [2.75, 3.05) is 13.2 Å². The maximum absolute atomic E-state index is 13.3. The number of alkyl halides is 3. The number of benzene rings is 1. The van der Waals surface area contributed by atoms with Crippen LogP contribution in [0, 0.1) is 0 Å². The minimum atomic E-state index is -4.73. The van der Waals surface area contributed by atoms with E-state index in [0.29, 0.717) is 0 Å². The zero-order valence-electron chi connectivity index (χ0n) is 13.5. The maximum atomic E-state index is 13.3. The summed E-state index contributed by atoms with van der Waals surface area (Å²) in [5.74, 6) is -3.03. The van der Waals surface area contributed by atoms with Gasteiger partial charge in [-0.2, -0.15) is 13.2 Å². The first kappa shape index (κ1) is 18.2. The Kier molecular flexibility index (Phi) is 4.61. The molecule has 1 aromatic heterocycles. The van der Waals surface area contributed by atoms with E-state index >= 15 is 0 Å². The van der Waals surface area contributed by atoms with Crippen molar-refractivity contribution in [3.63, 3.8) is 0 Å². The molecule has 2 aromatic rings. The number of carbonyl (C=O) groups is 2. The Morgan fingerprint density at radius 2 is 2.08 bits per heavy atom. The molecule has 1 atom stereocenters. The van der Waals surface area contributed by atoms with Crippen LogP contribution < -0.4 is 5.32 Å². The molecule has 7 nitrogen and oxygen atoms in total. The number of imidazole rings is 1. The third-order valence-electron chi connectivity index (χ3n) is 4.21. The number of rotatable bonds is 5.